The average Bonchev–Trinajstić information content (AvgIpc) is 2.90. The Hall–Kier alpha value is -2.57. The zero-order valence-corrected chi connectivity index (χ0v) is 16.1. The molecule has 0 aliphatic carbocycles. The van der Waals surface area contributed by atoms with Crippen LogP contribution in [0.15, 0.2) is 23.4 Å². The van der Waals surface area contributed by atoms with Gasteiger partial charge in [-0.05, 0) is 39.8 Å². The van der Waals surface area contributed by atoms with E-state index in [0.29, 0.717) is 18.9 Å². The number of carbonyl (C=O) groups excluding carboxylic acids is 2. The third-order valence-corrected chi connectivity index (χ3v) is 4.25. The molecule has 0 spiro atoms. The van der Waals surface area contributed by atoms with Crippen molar-refractivity contribution in [1.29, 1.82) is 0 Å². The third-order valence-electron chi connectivity index (χ3n) is 4.25. The number of ether oxygens (including phenoxy) is 1. The predicted molar refractivity (Wildman–Crippen MR) is 98.1 cm³/mol. The van der Waals surface area contributed by atoms with Gasteiger partial charge < -0.3 is 9.57 Å². The molecule has 1 aromatic carbocycles. The van der Waals surface area contributed by atoms with Gasteiger partial charge in [-0.1, -0.05) is 29.3 Å². The molecule has 1 amide bonds. The van der Waals surface area contributed by atoms with Crippen LogP contribution in [0.3, 0.4) is 0 Å². The van der Waals surface area contributed by atoms with Crippen molar-refractivity contribution in [1.82, 2.24) is 10.4 Å². The Balaban J connectivity index is 2.16. The van der Waals surface area contributed by atoms with Gasteiger partial charge in [0, 0.05) is 18.4 Å². The van der Waals surface area contributed by atoms with Gasteiger partial charge in [0.15, 0.2) is 5.84 Å². The molecule has 1 atom stereocenters. The van der Waals surface area contributed by atoms with Gasteiger partial charge in [-0.2, -0.15) is 0 Å². The molecule has 0 bridgehead atoms. The van der Waals surface area contributed by atoms with Crippen LogP contribution < -0.4 is 5.43 Å². The number of aryl methyl sites for hydroxylation is 2. The minimum absolute atomic E-state index is 0.0350. The Morgan fingerprint density at radius 2 is 1.85 bits per heavy atom. The lowest BCUT2D eigenvalue weighted by Gasteiger charge is -2.33. The number of esters is 1. The molecule has 1 aliphatic rings. The summed E-state index contributed by atoms with van der Waals surface area (Å²) in [4.78, 5) is 29.4. The molecule has 0 saturated heterocycles. The lowest BCUT2D eigenvalue weighted by molar-refractivity contribution is -0.146. The Bertz CT molecular complexity index is 696. The summed E-state index contributed by atoms with van der Waals surface area (Å²) >= 11 is 0. The fourth-order valence-corrected chi connectivity index (χ4v) is 2.76. The number of nitrogens with one attached hydrogen (secondary N) is 1. The predicted octanol–water partition coefficient (Wildman–Crippen LogP) is 2.80. The van der Waals surface area contributed by atoms with Gasteiger partial charge in [-0.3, -0.25) is 15.0 Å². The summed E-state index contributed by atoms with van der Waals surface area (Å²) in [6.45, 7) is 9.87. The summed E-state index contributed by atoms with van der Waals surface area (Å²) in [7, 11) is 0. The highest BCUT2D eigenvalue weighted by atomic mass is 16.7. The summed E-state index contributed by atoms with van der Waals surface area (Å²) in [6, 6.07) is 6.06. The van der Waals surface area contributed by atoms with Gasteiger partial charge in [0.2, 0.25) is 11.6 Å². The summed E-state index contributed by atoms with van der Waals surface area (Å²) < 4.78 is 4.86. The molecule has 2 rings (SSSR count). The zero-order valence-electron chi connectivity index (χ0n) is 16.1. The van der Waals surface area contributed by atoms with E-state index in [-0.39, 0.29) is 24.7 Å². The molecule has 0 saturated carbocycles. The number of hydrogen-bond donors (Lipinski definition) is 1. The van der Waals surface area contributed by atoms with E-state index < -0.39 is 5.72 Å². The van der Waals surface area contributed by atoms with Crippen molar-refractivity contribution >= 4 is 17.7 Å². The summed E-state index contributed by atoms with van der Waals surface area (Å²) in [5.74, 6) is -0.132. The van der Waals surface area contributed by atoms with Crippen molar-refractivity contribution in [2.75, 3.05) is 6.61 Å². The number of amidine groups is 1. The molecule has 142 valence electrons. The van der Waals surface area contributed by atoms with Crippen LogP contribution in [0.4, 0.5) is 0 Å². The van der Waals surface area contributed by atoms with Crippen LogP contribution in [0.1, 0.15) is 56.7 Å². The molecular weight excluding hydrogens is 334 g/mol. The zero-order chi connectivity index (χ0) is 19.3. The Labute approximate surface area is 154 Å². The fourth-order valence-electron chi connectivity index (χ4n) is 2.76. The first-order valence-electron chi connectivity index (χ1n) is 8.89. The second-order valence-corrected chi connectivity index (χ2v) is 6.59. The molecule has 0 fully saturated rings. The number of hydrogen-bond acceptors (Lipinski definition) is 6. The Morgan fingerprint density at radius 1 is 1.19 bits per heavy atom. The topological polar surface area (TPSA) is 80.2 Å². The maximum absolute atomic E-state index is 12.4. The van der Waals surface area contributed by atoms with Crippen LogP contribution in [0.2, 0.25) is 0 Å². The van der Waals surface area contributed by atoms with Crippen LogP contribution in [-0.4, -0.2) is 35.1 Å². The lowest BCUT2D eigenvalue weighted by Crippen LogP contribution is -2.56. The van der Waals surface area contributed by atoms with E-state index in [1.54, 1.807) is 11.9 Å². The second kappa shape index (κ2) is 8.21. The molecule has 1 N–H and O–H groups in total. The largest absolute Gasteiger partial charge is 0.466 e. The SMILES string of the molecule is CCOC(=O)CCC(=O)NN1C(c2cc(C)cc(C)c2)=NOC1(C)CC. The number of benzene rings is 1. The van der Waals surface area contributed by atoms with E-state index >= 15 is 0 Å². The number of rotatable bonds is 7. The summed E-state index contributed by atoms with van der Waals surface area (Å²) in [6.07, 6.45) is 0.686. The highest BCUT2D eigenvalue weighted by Crippen LogP contribution is 2.29. The first kappa shape index (κ1) is 19.8. The number of hydrazine groups is 1. The summed E-state index contributed by atoms with van der Waals surface area (Å²) in [5, 5.41) is 5.86. The van der Waals surface area contributed by atoms with Crippen molar-refractivity contribution in [3.63, 3.8) is 0 Å². The lowest BCUT2D eigenvalue weighted by atomic mass is 10.1. The molecule has 7 heteroatoms. The highest BCUT2D eigenvalue weighted by molar-refractivity contribution is 6.00. The van der Waals surface area contributed by atoms with Crippen LogP contribution in [0.25, 0.3) is 0 Å². The monoisotopic (exact) mass is 361 g/mol. The van der Waals surface area contributed by atoms with Crippen LogP contribution in [0, 0.1) is 13.8 Å². The maximum Gasteiger partial charge on any atom is 0.306 e. The van der Waals surface area contributed by atoms with Gasteiger partial charge in [-0.25, -0.2) is 5.01 Å². The second-order valence-electron chi connectivity index (χ2n) is 6.59. The van der Waals surface area contributed by atoms with Gasteiger partial charge in [0.25, 0.3) is 0 Å². The van der Waals surface area contributed by atoms with Gasteiger partial charge >= 0.3 is 5.97 Å². The third kappa shape index (κ3) is 4.53. The van der Waals surface area contributed by atoms with Crippen molar-refractivity contribution in [3.05, 3.63) is 34.9 Å². The molecule has 26 heavy (non-hydrogen) atoms. The van der Waals surface area contributed by atoms with Gasteiger partial charge in [0.05, 0.1) is 13.0 Å². The smallest absolute Gasteiger partial charge is 0.306 e. The molecule has 7 nitrogen and oxygen atoms in total. The van der Waals surface area contributed by atoms with E-state index in [4.69, 9.17) is 9.57 Å². The molecular formula is C19H27N3O4. The van der Waals surface area contributed by atoms with Crippen molar-refractivity contribution in [3.8, 4) is 0 Å². The van der Waals surface area contributed by atoms with Crippen molar-refractivity contribution < 1.29 is 19.2 Å². The number of carbonyl (C=O) groups is 2. The maximum atomic E-state index is 12.4. The van der Waals surface area contributed by atoms with Crippen molar-refractivity contribution in [2.45, 2.75) is 59.6 Å². The fraction of sp³-hybridized carbons (Fsp3) is 0.526. The van der Waals surface area contributed by atoms with E-state index in [1.807, 2.05) is 39.8 Å². The Morgan fingerprint density at radius 3 is 2.42 bits per heavy atom. The summed E-state index contributed by atoms with van der Waals surface area (Å²) in [5.41, 5.74) is 5.11. The van der Waals surface area contributed by atoms with Gasteiger partial charge in [0.1, 0.15) is 0 Å². The quantitative estimate of drug-likeness (QED) is 0.756. The molecule has 1 aliphatic heterocycles. The first-order chi connectivity index (χ1) is 12.3. The first-order valence-corrected chi connectivity index (χ1v) is 8.89. The van der Waals surface area contributed by atoms with E-state index in [1.165, 1.54) is 0 Å². The Kier molecular flexibility index (Phi) is 6.23. The minimum atomic E-state index is -0.785. The molecule has 1 heterocycles. The minimum Gasteiger partial charge on any atom is -0.466 e. The molecule has 1 unspecified atom stereocenters. The van der Waals surface area contributed by atoms with Gasteiger partial charge in [-0.15, -0.1) is 0 Å². The van der Waals surface area contributed by atoms with E-state index in [0.717, 1.165) is 16.7 Å². The normalized spacial score (nSPS) is 19.0. The average molecular weight is 361 g/mol. The molecule has 1 aromatic rings. The van der Waals surface area contributed by atoms with Crippen LogP contribution in [0.5, 0.6) is 0 Å². The van der Waals surface area contributed by atoms with Crippen molar-refractivity contribution in [2.24, 2.45) is 5.16 Å². The van der Waals surface area contributed by atoms with Crippen LogP contribution in [-0.2, 0) is 19.2 Å². The van der Waals surface area contributed by atoms with E-state index in [9.17, 15) is 9.59 Å². The highest BCUT2D eigenvalue weighted by Gasteiger charge is 2.42. The van der Waals surface area contributed by atoms with Crippen LogP contribution >= 0.6 is 0 Å². The molecule has 0 aromatic heterocycles. The van der Waals surface area contributed by atoms with E-state index in [2.05, 4.69) is 16.6 Å². The molecule has 0 radical (unpaired) electrons. The standard InChI is InChI=1S/C19H27N3O4/c1-6-19(5)22(20-16(23)8-9-17(24)25-7-2)18(21-26-19)15-11-13(3)10-14(4)12-15/h10-12H,6-9H2,1-5H3,(H,20,23). The number of nitrogens with zero attached hydrogens (tertiary/aromatic N) is 2. The number of oxime groups is 1. The number of amides is 1.